The van der Waals surface area contributed by atoms with Crippen molar-refractivity contribution < 1.29 is 19.2 Å². The Morgan fingerprint density at radius 2 is 2.19 bits per heavy atom. The van der Waals surface area contributed by atoms with Crippen LogP contribution in [0.3, 0.4) is 0 Å². The number of ether oxygens (including phenoxy) is 1. The maximum Gasteiger partial charge on any atom is 0.339 e. The highest BCUT2D eigenvalue weighted by Crippen LogP contribution is 2.39. The van der Waals surface area contributed by atoms with Crippen molar-refractivity contribution in [3.8, 4) is 0 Å². The maximum absolute atomic E-state index is 11.9. The first-order valence-corrected chi connectivity index (χ1v) is 6.75. The summed E-state index contributed by atoms with van der Waals surface area (Å²) >= 11 is 0. The second-order valence-corrected chi connectivity index (χ2v) is 4.93. The van der Waals surface area contributed by atoms with E-state index in [-0.39, 0.29) is 16.9 Å². The lowest BCUT2D eigenvalue weighted by Gasteiger charge is -2.10. The van der Waals surface area contributed by atoms with Crippen molar-refractivity contribution in [1.82, 2.24) is 0 Å². The number of hydrogen-bond acceptors (Lipinski definition) is 5. The molecule has 1 atom stereocenters. The van der Waals surface area contributed by atoms with Gasteiger partial charge in [-0.1, -0.05) is 13.3 Å². The quantitative estimate of drug-likeness (QED) is 0.511. The standard InChI is InChI=1S/C14H16N2O5/c1-3-4-5-13-9-7-12(16(19)20)11(15-8(2)17)6-10(9)14(18)21-13/h6-7,13H,3-5H2,1-2H3,(H,15,17). The van der Waals surface area contributed by atoms with Crippen LogP contribution in [0.25, 0.3) is 0 Å². The summed E-state index contributed by atoms with van der Waals surface area (Å²) in [6.45, 7) is 3.26. The summed E-state index contributed by atoms with van der Waals surface area (Å²) in [6, 6.07) is 2.65. The van der Waals surface area contributed by atoms with E-state index in [1.807, 2.05) is 6.92 Å². The Bertz CT molecular complexity index is 612. The van der Waals surface area contributed by atoms with Gasteiger partial charge in [-0.25, -0.2) is 4.79 Å². The minimum Gasteiger partial charge on any atom is -0.454 e. The van der Waals surface area contributed by atoms with Crippen molar-refractivity contribution in [3.63, 3.8) is 0 Å². The zero-order chi connectivity index (χ0) is 15.6. The SMILES string of the molecule is CCCCC1OC(=O)c2cc(NC(C)=O)c([N+](=O)[O-])cc21. The Labute approximate surface area is 121 Å². The predicted octanol–water partition coefficient (Wildman–Crippen LogP) is 2.95. The van der Waals surface area contributed by atoms with Crippen molar-refractivity contribution in [3.05, 3.63) is 33.4 Å². The van der Waals surface area contributed by atoms with Crippen molar-refractivity contribution in [1.29, 1.82) is 0 Å². The number of fused-ring (bicyclic) bond motifs is 1. The summed E-state index contributed by atoms with van der Waals surface area (Å²) in [5.41, 5.74) is 0.586. The van der Waals surface area contributed by atoms with Crippen molar-refractivity contribution >= 4 is 23.3 Å². The Morgan fingerprint density at radius 1 is 1.48 bits per heavy atom. The van der Waals surface area contributed by atoms with Gasteiger partial charge < -0.3 is 10.1 Å². The van der Waals surface area contributed by atoms with Crippen LogP contribution in [0.1, 0.15) is 55.1 Å². The molecule has 0 radical (unpaired) electrons. The highest BCUT2D eigenvalue weighted by Gasteiger charge is 2.34. The average molecular weight is 292 g/mol. The zero-order valence-electron chi connectivity index (χ0n) is 11.8. The number of rotatable bonds is 5. The van der Waals surface area contributed by atoms with E-state index < -0.39 is 22.9 Å². The van der Waals surface area contributed by atoms with Crippen LogP contribution in [0.5, 0.6) is 0 Å². The second kappa shape index (κ2) is 5.90. The third kappa shape index (κ3) is 3.01. The number of amides is 1. The minimum atomic E-state index is -0.578. The van der Waals surface area contributed by atoms with Crippen molar-refractivity contribution in [2.45, 2.75) is 39.2 Å². The number of esters is 1. The number of unbranched alkanes of at least 4 members (excludes halogenated alkanes) is 1. The molecule has 1 aromatic carbocycles. The Balaban J connectivity index is 2.46. The number of benzene rings is 1. The van der Waals surface area contributed by atoms with Gasteiger partial charge in [0.2, 0.25) is 5.91 Å². The number of nitro groups is 1. The molecular weight excluding hydrogens is 276 g/mol. The second-order valence-electron chi connectivity index (χ2n) is 4.93. The number of nitrogens with zero attached hydrogens (tertiary/aromatic N) is 1. The fourth-order valence-electron chi connectivity index (χ4n) is 2.35. The first-order valence-electron chi connectivity index (χ1n) is 6.75. The molecular formula is C14H16N2O5. The van der Waals surface area contributed by atoms with Gasteiger partial charge in [0.15, 0.2) is 0 Å². The molecule has 0 bridgehead atoms. The fourth-order valence-corrected chi connectivity index (χ4v) is 2.35. The van der Waals surface area contributed by atoms with Gasteiger partial charge in [-0.3, -0.25) is 14.9 Å². The molecule has 0 aliphatic carbocycles. The molecule has 0 aromatic heterocycles. The highest BCUT2D eigenvalue weighted by atomic mass is 16.6. The number of anilines is 1. The summed E-state index contributed by atoms with van der Waals surface area (Å²) in [6.07, 6.45) is 1.98. The topological polar surface area (TPSA) is 98.5 Å². The molecule has 0 spiro atoms. The van der Waals surface area contributed by atoms with Crippen LogP contribution >= 0.6 is 0 Å². The van der Waals surface area contributed by atoms with Crippen LogP contribution in [0.2, 0.25) is 0 Å². The lowest BCUT2D eigenvalue weighted by Crippen LogP contribution is -2.09. The minimum absolute atomic E-state index is 0.0133. The van der Waals surface area contributed by atoms with E-state index in [4.69, 9.17) is 4.74 Å². The molecule has 0 saturated heterocycles. The molecule has 0 saturated carbocycles. The van der Waals surface area contributed by atoms with E-state index in [1.165, 1.54) is 19.1 Å². The molecule has 2 rings (SSSR count). The van der Waals surface area contributed by atoms with Gasteiger partial charge in [0.25, 0.3) is 5.69 Å². The average Bonchev–Trinajstić information content (AvgIpc) is 2.71. The van der Waals surface area contributed by atoms with Crippen LogP contribution in [0, 0.1) is 10.1 Å². The largest absolute Gasteiger partial charge is 0.454 e. The molecule has 0 fully saturated rings. The molecule has 7 nitrogen and oxygen atoms in total. The Kier molecular flexibility index (Phi) is 4.21. The number of nitro benzene ring substituents is 1. The highest BCUT2D eigenvalue weighted by molar-refractivity contribution is 5.99. The predicted molar refractivity (Wildman–Crippen MR) is 75.1 cm³/mol. The monoisotopic (exact) mass is 292 g/mol. The number of nitrogens with one attached hydrogen (secondary N) is 1. The van der Waals surface area contributed by atoms with Gasteiger partial charge in [-0.15, -0.1) is 0 Å². The van der Waals surface area contributed by atoms with E-state index in [2.05, 4.69) is 5.32 Å². The van der Waals surface area contributed by atoms with Crippen LogP contribution in [-0.4, -0.2) is 16.8 Å². The van der Waals surface area contributed by atoms with Crippen LogP contribution < -0.4 is 5.32 Å². The molecule has 1 heterocycles. The Morgan fingerprint density at radius 3 is 2.76 bits per heavy atom. The number of carbonyl (C=O) groups excluding carboxylic acids is 2. The molecule has 1 N–H and O–H groups in total. The maximum atomic E-state index is 11.9. The first kappa shape index (κ1) is 15.0. The summed E-state index contributed by atoms with van der Waals surface area (Å²) in [5, 5.41) is 13.5. The zero-order valence-corrected chi connectivity index (χ0v) is 11.8. The van der Waals surface area contributed by atoms with E-state index in [1.54, 1.807) is 0 Å². The number of cyclic esters (lactones) is 1. The summed E-state index contributed by atoms with van der Waals surface area (Å²) in [7, 11) is 0. The van der Waals surface area contributed by atoms with Gasteiger partial charge in [-0.2, -0.15) is 0 Å². The molecule has 1 amide bonds. The van der Waals surface area contributed by atoms with E-state index in [0.717, 1.165) is 12.8 Å². The normalized spacial score (nSPS) is 16.3. The lowest BCUT2D eigenvalue weighted by molar-refractivity contribution is -0.384. The third-order valence-corrected chi connectivity index (χ3v) is 3.31. The van der Waals surface area contributed by atoms with Gasteiger partial charge in [-0.05, 0) is 18.9 Å². The molecule has 1 aliphatic rings. The van der Waals surface area contributed by atoms with Gasteiger partial charge in [0.1, 0.15) is 11.8 Å². The van der Waals surface area contributed by atoms with Crippen molar-refractivity contribution in [2.24, 2.45) is 0 Å². The summed E-state index contributed by atoms with van der Waals surface area (Å²) in [5.74, 6) is -0.945. The smallest absolute Gasteiger partial charge is 0.339 e. The van der Waals surface area contributed by atoms with Gasteiger partial charge in [0, 0.05) is 18.6 Å². The van der Waals surface area contributed by atoms with E-state index >= 15 is 0 Å². The number of hydrogen-bond donors (Lipinski definition) is 1. The van der Waals surface area contributed by atoms with Gasteiger partial charge in [0.05, 0.1) is 10.5 Å². The molecule has 7 heteroatoms. The summed E-state index contributed by atoms with van der Waals surface area (Å²) in [4.78, 5) is 33.5. The van der Waals surface area contributed by atoms with Crippen LogP contribution in [0.4, 0.5) is 11.4 Å². The van der Waals surface area contributed by atoms with Crippen LogP contribution in [0.15, 0.2) is 12.1 Å². The molecule has 1 aliphatic heterocycles. The first-order chi connectivity index (χ1) is 9.93. The Hall–Kier alpha value is -2.44. The number of carbonyl (C=O) groups is 2. The van der Waals surface area contributed by atoms with Crippen molar-refractivity contribution in [2.75, 3.05) is 5.32 Å². The van der Waals surface area contributed by atoms with Gasteiger partial charge >= 0.3 is 5.97 Å². The van der Waals surface area contributed by atoms with E-state index in [9.17, 15) is 19.7 Å². The molecule has 1 unspecified atom stereocenters. The summed E-state index contributed by atoms with van der Waals surface area (Å²) < 4.78 is 5.25. The molecule has 1 aromatic rings. The molecule has 112 valence electrons. The third-order valence-electron chi connectivity index (χ3n) is 3.31. The van der Waals surface area contributed by atoms with Crippen LogP contribution in [-0.2, 0) is 9.53 Å². The molecule has 21 heavy (non-hydrogen) atoms. The fraction of sp³-hybridized carbons (Fsp3) is 0.429. The lowest BCUT2D eigenvalue weighted by atomic mass is 9.99. The van der Waals surface area contributed by atoms with E-state index in [0.29, 0.717) is 12.0 Å².